The van der Waals surface area contributed by atoms with Gasteiger partial charge in [0.1, 0.15) is 11.6 Å². The van der Waals surface area contributed by atoms with Gasteiger partial charge in [0.2, 0.25) is 0 Å². The molecule has 0 bridgehead atoms. The van der Waals surface area contributed by atoms with Crippen molar-refractivity contribution in [3.05, 3.63) is 59.2 Å². The van der Waals surface area contributed by atoms with Gasteiger partial charge in [-0.1, -0.05) is 24.3 Å². The Labute approximate surface area is 141 Å². The largest absolute Gasteiger partial charge is 0.251 e. The van der Waals surface area contributed by atoms with Crippen molar-refractivity contribution in [2.75, 3.05) is 6.67 Å². The number of rotatable bonds is 4. The van der Waals surface area contributed by atoms with E-state index in [2.05, 4.69) is 12.1 Å². The van der Waals surface area contributed by atoms with E-state index in [1.54, 1.807) is 0 Å². The van der Waals surface area contributed by atoms with Gasteiger partial charge in [0.25, 0.3) is 0 Å². The minimum Gasteiger partial charge on any atom is -0.251 e. The first kappa shape index (κ1) is 17.1. The van der Waals surface area contributed by atoms with Crippen LogP contribution in [0.3, 0.4) is 0 Å². The molecule has 0 radical (unpaired) electrons. The van der Waals surface area contributed by atoms with Gasteiger partial charge in [0, 0.05) is 5.56 Å². The van der Waals surface area contributed by atoms with Gasteiger partial charge >= 0.3 is 0 Å². The molecule has 0 unspecified atom stereocenters. The van der Waals surface area contributed by atoms with E-state index in [0.29, 0.717) is 23.8 Å². The third kappa shape index (κ3) is 3.66. The third-order valence-electron chi connectivity index (χ3n) is 5.36. The molecule has 24 heavy (non-hydrogen) atoms. The van der Waals surface area contributed by atoms with Crippen LogP contribution in [-0.2, 0) is 0 Å². The highest BCUT2D eigenvalue weighted by Crippen LogP contribution is 2.37. The van der Waals surface area contributed by atoms with Crippen molar-refractivity contribution >= 4 is 0 Å². The summed E-state index contributed by atoms with van der Waals surface area (Å²) in [6, 6.07) is 10.8. The fourth-order valence-corrected chi connectivity index (χ4v) is 3.70. The van der Waals surface area contributed by atoms with E-state index in [0.717, 1.165) is 31.2 Å². The molecule has 0 saturated heterocycles. The highest BCUT2D eigenvalue weighted by atomic mass is 19.1. The summed E-state index contributed by atoms with van der Waals surface area (Å²) in [5.41, 5.74) is 2.71. The number of hydrogen-bond donors (Lipinski definition) is 0. The van der Waals surface area contributed by atoms with Crippen LogP contribution in [0.5, 0.6) is 0 Å². The van der Waals surface area contributed by atoms with E-state index in [4.69, 9.17) is 0 Å². The summed E-state index contributed by atoms with van der Waals surface area (Å²) in [5.74, 6) is 0.0194. The van der Waals surface area contributed by atoms with Crippen molar-refractivity contribution < 1.29 is 13.2 Å². The molecule has 2 aromatic rings. The van der Waals surface area contributed by atoms with Crippen LogP contribution in [0.15, 0.2) is 36.4 Å². The van der Waals surface area contributed by atoms with Crippen LogP contribution in [0.2, 0.25) is 0 Å². The zero-order valence-corrected chi connectivity index (χ0v) is 14.0. The minimum absolute atomic E-state index is 0.0559. The number of benzene rings is 2. The molecule has 1 aliphatic rings. The maximum absolute atomic E-state index is 13.7. The molecule has 0 heterocycles. The topological polar surface area (TPSA) is 0 Å². The molecule has 3 heteroatoms. The summed E-state index contributed by atoms with van der Waals surface area (Å²) in [6.45, 7) is 1.23. The average molecular weight is 332 g/mol. The molecule has 2 aromatic carbocycles. The molecule has 0 aromatic heterocycles. The molecule has 0 atom stereocenters. The first-order valence-electron chi connectivity index (χ1n) is 8.70. The lowest BCUT2D eigenvalue weighted by molar-refractivity contribution is 0.283. The Morgan fingerprint density at radius 2 is 1.46 bits per heavy atom. The first-order chi connectivity index (χ1) is 11.6. The molecule has 0 nitrogen and oxygen atoms in total. The predicted molar refractivity (Wildman–Crippen MR) is 91.8 cm³/mol. The lowest BCUT2D eigenvalue weighted by atomic mass is 9.77. The quantitative estimate of drug-likeness (QED) is 0.593. The normalized spacial score (nSPS) is 21.0. The predicted octanol–water partition coefficient (Wildman–Crippen LogP) is 6.57. The lowest BCUT2D eigenvalue weighted by Gasteiger charge is -2.28. The Hall–Kier alpha value is -1.77. The van der Waals surface area contributed by atoms with E-state index in [-0.39, 0.29) is 12.2 Å². The Morgan fingerprint density at radius 1 is 0.875 bits per heavy atom. The fourth-order valence-electron chi connectivity index (χ4n) is 3.70. The number of alkyl halides is 1. The van der Waals surface area contributed by atoms with Gasteiger partial charge in [-0.25, -0.2) is 8.78 Å². The van der Waals surface area contributed by atoms with Crippen LogP contribution in [-0.4, -0.2) is 6.67 Å². The fraction of sp³-hybridized carbons (Fsp3) is 0.429. The van der Waals surface area contributed by atoms with Crippen LogP contribution in [0, 0.1) is 24.5 Å². The van der Waals surface area contributed by atoms with Crippen LogP contribution in [0.1, 0.15) is 49.1 Å². The molecule has 0 amide bonds. The second kappa shape index (κ2) is 7.42. The lowest BCUT2D eigenvalue weighted by Crippen LogP contribution is -2.13. The van der Waals surface area contributed by atoms with Gasteiger partial charge in [0.05, 0.1) is 6.67 Å². The van der Waals surface area contributed by atoms with E-state index in [9.17, 15) is 13.2 Å². The summed E-state index contributed by atoms with van der Waals surface area (Å²) in [6.07, 6.45) is 5.06. The van der Waals surface area contributed by atoms with Crippen molar-refractivity contribution in [2.45, 2.75) is 44.9 Å². The van der Waals surface area contributed by atoms with Gasteiger partial charge in [-0.3, -0.25) is 4.39 Å². The zero-order chi connectivity index (χ0) is 17.1. The van der Waals surface area contributed by atoms with E-state index < -0.39 is 11.6 Å². The van der Waals surface area contributed by atoms with Crippen molar-refractivity contribution in [1.82, 2.24) is 0 Å². The summed E-state index contributed by atoms with van der Waals surface area (Å²) < 4.78 is 39.9. The first-order valence-corrected chi connectivity index (χ1v) is 8.70. The van der Waals surface area contributed by atoms with Gasteiger partial charge in [0.15, 0.2) is 0 Å². The number of hydrogen-bond acceptors (Lipinski definition) is 0. The van der Waals surface area contributed by atoms with E-state index >= 15 is 0 Å². The summed E-state index contributed by atoms with van der Waals surface area (Å²) in [5, 5.41) is 0. The van der Waals surface area contributed by atoms with Gasteiger partial charge in [-0.15, -0.1) is 0 Å². The van der Waals surface area contributed by atoms with Crippen molar-refractivity contribution in [3.8, 4) is 11.1 Å². The van der Waals surface area contributed by atoms with Crippen LogP contribution in [0.4, 0.5) is 13.2 Å². The maximum atomic E-state index is 13.7. The standard InChI is InChI=1S/C21H23F3/c1-14-20(23)12-19(13-21(14)24)18-8-6-17(7-9-18)16-4-2-15(3-5-16)10-11-22/h6-9,12-13,15-16H,2-5,10-11H2,1H3. The Morgan fingerprint density at radius 3 is 2.00 bits per heavy atom. The Balaban J connectivity index is 1.72. The van der Waals surface area contributed by atoms with Gasteiger partial charge < -0.3 is 0 Å². The highest BCUT2D eigenvalue weighted by Gasteiger charge is 2.22. The SMILES string of the molecule is Cc1c(F)cc(-c2ccc(C3CCC(CCF)CC3)cc2)cc1F. The molecule has 1 fully saturated rings. The van der Waals surface area contributed by atoms with Gasteiger partial charge in [-0.2, -0.15) is 0 Å². The molecule has 128 valence electrons. The van der Waals surface area contributed by atoms with Crippen LogP contribution < -0.4 is 0 Å². The monoisotopic (exact) mass is 332 g/mol. The molecule has 1 aliphatic carbocycles. The molecular weight excluding hydrogens is 309 g/mol. The molecule has 0 N–H and O–H groups in total. The van der Waals surface area contributed by atoms with Gasteiger partial charge in [-0.05, 0) is 79.7 Å². The smallest absolute Gasteiger partial charge is 0.129 e. The van der Waals surface area contributed by atoms with Crippen LogP contribution in [0.25, 0.3) is 11.1 Å². The van der Waals surface area contributed by atoms with E-state index in [1.165, 1.54) is 24.6 Å². The third-order valence-corrected chi connectivity index (χ3v) is 5.36. The molecule has 0 spiro atoms. The Kier molecular flexibility index (Phi) is 5.27. The second-order valence-electron chi connectivity index (χ2n) is 6.88. The molecule has 3 rings (SSSR count). The Bertz CT molecular complexity index is 660. The minimum atomic E-state index is -0.514. The molecule has 1 saturated carbocycles. The van der Waals surface area contributed by atoms with Crippen molar-refractivity contribution in [2.24, 2.45) is 5.92 Å². The number of halogens is 3. The maximum Gasteiger partial charge on any atom is 0.129 e. The van der Waals surface area contributed by atoms with E-state index in [1.807, 2.05) is 12.1 Å². The van der Waals surface area contributed by atoms with Crippen molar-refractivity contribution in [3.63, 3.8) is 0 Å². The molecular formula is C21H23F3. The second-order valence-corrected chi connectivity index (χ2v) is 6.88. The zero-order valence-electron chi connectivity index (χ0n) is 14.0. The van der Waals surface area contributed by atoms with Crippen molar-refractivity contribution in [1.29, 1.82) is 0 Å². The summed E-state index contributed by atoms with van der Waals surface area (Å²) in [7, 11) is 0. The van der Waals surface area contributed by atoms with Crippen LogP contribution >= 0.6 is 0 Å². The highest BCUT2D eigenvalue weighted by molar-refractivity contribution is 5.64. The average Bonchev–Trinajstić information content (AvgIpc) is 2.60. The summed E-state index contributed by atoms with van der Waals surface area (Å²) >= 11 is 0. The summed E-state index contributed by atoms with van der Waals surface area (Å²) in [4.78, 5) is 0. The molecule has 0 aliphatic heterocycles.